The third kappa shape index (κ3) is 1.40. The smallest absolute Gasteiger partial charge is 0.116 e. The van der Waals surface area contributed by atoms with Crippen LogP contribution < -0.4 is 5.73 Å². The van der Waals surface area contributed by atoms with Crippen LogP contribution in [-0.4, -0.2) is 11.7 Å². The Morgan fingerprint density at radius 3 is 2.50 bits per heavy atom. The molecule has 0 spiro atoms. The van der Waals surface area contributed by atoms with Crippen LogP contribution in [0, 0.1) is 6.92 Å². The third-order valence-electron chi connectivity index (χ3n) is 3.38. The maximum atomic E-state index is 9.53. The molecule has 0 bridgehead atoms. The van der Waals surface area contributed by atoms with E-state index in [-0.39, 0.29) is 5.41 Å². The van der Waals surface area contributed by atoms with E-state index >= 15 is 0 Å². The molecule has 76 valence electrons. The van der Waals surface area contributed by atoms with Gasteiger partial charge >= 0.3 is 0 Å². The van der Waals surface area contributed by atoms with Crippen LogP contribution >= 0.6 is 0 Å². The zero-order valence-corrected chi connectivity index (χ0v) is 8.59. The van der Waals surface area contributed by atoms with E-state index in [2.05, 4.69) is 6.07 Å². The molecule has 1 fully saturated rings. The molecule has 0 atom stereocenters. The van der Waals surface area contributed by atoms with E-state index in [9.17, 15) is 5.11 Å². The van der Waals surface area contributed by atoms with Gasteiger partial charge in [-0.2, -0.15) is 0 Å². The van der Waals surface area contributed by atoms with E-state index in [4.69, 9.17) is 5.73 Å². The fourth-order valence-corrected chi connectivity index (χ4v) is 2.28. The highest BCUT2D eigenvalue weighted by Gasteiger charge is 2.37. The lowest BCUT2D eigenvalue weighted by molar-refractivity contribution is 0.252. The number of aromatic hydroxyl groups is 1. The number of benzene rings is 1. The molecule has 0 aromatic heterocycles. The number of hydrogen-bond donors (Lipinski definition) is 2. The lowest BCUT2D eigenvalue weighted by atomic mass is 9.64. The maximum Gasteiger partial charge on any atom is 0.116 e. The van der Waals surface area contributed by atoms with Crippen molar-refractivity contribution in [2.24, 2.45) is 5.73 Å². The van der Waals surface area contributed by atoms with Crippen molar-refractivity contribution in [3.63, 3.8) is 0 Å². The van der Waals surface area contributed by atoms with Crippen molar-refractivity contribution in [3.8, 4) is 5.75 Å². The van der Waals surface area contributed by atoms with Gasteiger partial charge in [0.2, 0.25) is 0 Å². The van der Waals surface area contributed by atoms with Crippen LogP contribution in [-0.2, 0) is 5.41 Å². The molecule has 1 saturated carbocycles. The zero-order valence-electron chi connectivity index (χ0n) is 8.59. The molecule has 0 aliphatic heterocycles. The summed E-state index contributed by atoms with van der Waals surface area (Å²) in [4.78, 5) is 0. The van der Waals surface area contributed by atoms with Gasteiger partial charge in [0, 0.05) is 12.0 Å². The van der Waals surface area contributed by atoms with Crippen molar-refractivity contribution < 1.29 is 5.11 Å². The number of phenolic OH excluding ortho intramolecular Hbond substituents is 1. The predicted octanol–water partition coefficient (Wildman–Crippen LogP) is 2.08. The van der Waals surface area contributed by atoms with Gasteiger partial charge in [-0.3, -0.25) is 0 Å². The standard InChI is InChI=1S/C12H17NO/c1-9-5-10(7-11(14)6-9)12(8-13)3-2-4-12/h5-7,14H,2-4,8,13H2,1H3. The van der Waals surface area contributed by atoms with Crippen molar-refractivity contribution in [2.75, 3.05) is 6.54 Å². The van der Waals surface area contributed by atoms with Gasteiger partial charge in [-0.15, -0.1) is 0 Å². The van der Waals surface area contributed by atoms with Crippen LogP contribution in [0.5, 0.6) is 5.75 Å². The van der Waals surface area contributed by atoms with Crippen LogP contribution in [0.25, 0.3) is 0 Å². The van der Waals surface area contributed by atoms with Crippen molar-refractivity contribution in [1.29, 1.82) is 0 Å². The molecule has 2 rings (SSSR count). The predicted molar refractivity (Wildman–Crippen MR) is 57.4 cm³/mol. The summed E-state index contributed by atoms with van der Waals surface area (Å²) in [6.07, 6.45) is 3.57. The average molecular weight is 191 g/mol. The molecule has 0 amide bonds. The van der Waals surface area contributed by atoms with E-state index in [0.29, 0.717) is 12.3 Å². The van der Waals surface area contributed by atoms with Crippen LogP contribution in [0.1, 0.15) is 30.4 Å². The molecular weight excluding hydrogens is 174 g/mol. The first-order valence-corrected chi connectivity index (χ1v) is 5.17. The number of aryl methyl sites for hydroxylation is 1. The van der Waals surface area contributed by atoms with Gasteiger partial charge in [0.1, 0.15) is 5.75 Å². The quantitative estimate of drug-likeness (QED) is 0.751. The Kier molecular flexibility index (Phi) is 2.23. The summed E-state index contributed by atoms with van der Waals surface area (Å²) in [7, 11) is 0. The molecule has 2 heteroatoms. The summed E-state index contributed by atoms with van der Waals surface area (Å²) in [6, 6.07) is 5.79. The summed E-state index contributed by atoms with van der Waals surface area (Å²) in [5.41, 5.74) is 8.30. The number of hydrogen-bond acceptors (Lipinski definition) is 2. The highest BCUT2D eigenvalue weighted by molar-refractivity contribution is 5.38. The molecule has 1 aromatic carbocycles. The van der Waals surface area contributed by atoms with Crippen molar-refractivity contribution in [2.45, 2.75) is 31.6 Å². The summed E-state index contributed by atoms with van der Waals surface area (Å²) < 4.78 is 0. The van der Waals surface area contributed by atoms with Gasteiger partial charge in [0.25, 0.3) is 0 Å². The fraction of sp³-hybridized carbons (Fsp3) is 0.500. The zero-order chi connectivity index (χ0) is 10.2. The van der Waals surface area contributed by atoms with Gasteiger partial charge in [0.15, 0.2) is 0 Å². The van der Waals surface area contributed by atoms with Gasteiger partial charge in [-0.05, 0) is 43.0 Å². The molecule has 0 unspecified atom stereocenters. The van der Waals surface area contributed by atoms with Gasteiger partial charge in [0.05, 0.1) is 0 Å². The highest BCUT2D eigenvalue weighted by atomic mass is 16.3. The number of phenols is 1. The first-order valence-electron chi connectivity index (χ1n) is 5.17. The molecule has 0 saturated heterocycles. The van der Waals surface area contributed by atoms with Crippen LogP contribution in [0.4, 0.5) is 0 Å². The van der Waals surface area contributed by atoms with E-state index in [1.807, 2.05) is 13.0 Å². The maximum absolute atomic E-state index is 9.53. The molecule has 14 heavy (non-hydrogen) atoms. The largest absolute Gasteiger partial charge is 0.508 e. The number of rotatable bonds is 2. The normalized spacial score (nSPS) is 19.0. The first kappa shape index (κ1) is 9.53. The minimum Gasteiger partial charge on any atom is -0.508 e. The topological polar surface area (TPSA) is 46.2 Å². The summed E-state index contributed by atoms with van der Waals surface area (Å²) in [5, 5.41) is 9.53. The molecule has 1 aromatic rings. The Morgan fingerprint density at radius 1 is 1.36 bits per heavy atom. The van der Waals surface area contributed by atoms with E-state index < -0.39 is 0 Å². The molecule has 0 heterocycles. The minimum absolute atomic E-state index is 0.156. The second-order valence-electron chi connectivity index (χ2n) is 4.40. The SMILES string of the molecule is Cc1cc(O)cc(C2(CN)CCC2)c1. The van der Waals surface area contributed by atoms with Crippen molar-refractivity contribution in [1.82, 2.24) is 0 Å². The van der Waals surface area contributed by atoms with E-state index in [1.165, 1.54) is 12.0 Å². The number of nitrogens with two attached hydrogens (primary N) is 1. The molecule has 0 radical (unpaired) electrons. The van der Waals surface area contributed by atoms with Crippen LogP contribution in [0.15, 0.2) is 18.2 Å². The first-order chi connectivity index (χ1) is 6.66. The molecule has 2 nitrogen and oxygen atoms in total. The second kappa shape index (κ2) is 3.28. The molecule has 1 aliphatic rings. The summed E-state index contributed by atoms with van der Waals surface area (Å²) in [6.45, 7) is 2.70. The summed E-state index contributed by atoms with van der Waals surface area (Å²) >= 11 is 0. The van der Waals surface area contributed by atoms with Gasteiger partial charge in [-0.1, -0.05) is 12.5 Å². The highest BCUT2D eigenvalue weighted by Crippen LogP contribution is 2.43. The molecule has 3 N–H and O–H groups in total. The Labute approximate surface area is 84.7 Å². The second-order valence-corrected chi connectivity index (χ2v) is 4.40. The Balaban J connectivity index is 2.39. The molecule has 1 aliphatic carbocycles. The minimum atomic E-state index is 0.156. The Hall–Kier alpha value is -1.02. The van der Waals surface area contributed by atoms with Crippen LogP contribution in [0.3, 0.4) is 0 Å². The van der Waals surface area contributed by atoms with Gasteiger partial charge < -0.3 is 10.8 Å². The summed E-state index contributed by atoms with van der Waals surface area (Å²) in [5.74, 6) is 0.361. The monoisotopic (exact) mass is 191 g/mol. The van der Waals surface area contributed by atoms with Crippen molar-refractivity contribution in [3.05, 3.63) is 29.3 Å². The van der Waals surface area contributed by atoms with Crippen molar-refractivity contribution >= 4 is 0 Å². The Bertz CT molecular complexity index is 316. The third-order valence-corrected chi connectivity index (χ3v) is 3.38. The van der Waals surface area contributed by atoms with E-state index in [0.717, 1.165) is 18.4 Å². The lowest BCUT2D eigenvalue weighted by Gasteiger charge is -2.41. The van der Waals surface area contributed by atoms with Gasteiger partial charge in [-0.25, -0.2) is 0 Å². The molecular formula is C12H17NO. The fourth-order valence-electron chi connectivity index (χ4n) is 2.28. The van der Waals surface area contributed by atoms with Crippen LogP contribution in [0.2, 0.25) is 0 Å². The van der Waals surface area contributed by atoms with E-state index in [1.54, 1.807) is 6.07 Å². The Morgan fingerprint density at radius 2 is 2.07 bits per heavy atom. The lowest BCUT2D eigenvalue weighted by Crippen LogP contribution is -2.41. The average Bonchev–Trinajstić information content (AvgIpc) is 2.01.